The molecule has 3 aliphatic rings. The van der Waals surface area contributed by atoms with Crippen LogP contribution in [0, 0.1) is 5.92 Å². The maximum absolute atomic E-state index is 11.6. The Morgan fingerprint density at radius 2 is 2.29 bits per heavy atom. The van der Waals surface area contributed by atoms with Crippen molar-refractivity contribution in [1.82, 2.24) is 5.32 Å². The molecule has 0 aromatic heterocycles. The normalized spacial score (nSPS) is 44.1. The molecule has 1 aliphatic carbocycles. The Morgan fingerprint density at radius 3 is 2.76 bits per heavy atom. The van der Waals surface area contributed by atoms with E-state index < -0.39 is 29.2 Å². The minimum atomic E-state index is -1.77. The molecule has 4 N–H and O–H groups in total. The van der Waals surface area contributed by atoms with E-state index in [0.717, 1.165) is 0 Å². The maximum atomic E-state index is 11.6. The fraction of sp³-hybridized carbons (Fsp3) is 0.900. The van der Waals surface area contributed by atoms with Crippen LogP contribution in [0.1, 0.15) is 6.42 Å². The number of nitrogens with one attached hydrogen (secondary N) is 1. The quantitative estimate of drug-likeness (QED) is 0.221. The molecule has 17 heavy (non-hydrogen) atoms. The summed E-state index contributed by atoms with van der Waals surface area (Å²) in [6.45, 7) is 0.471. The number of ether oxygens (including phenoxy) is 1. The van der Waals surface area contributed by atoms with Crippen molar-refractivity contribution in [2.24, 2.45) is 5.92 Å². The summed E-state index contributed by atoms with van der Waals surface area (Å²) in [6, 6.07) is 0. The third kappa shape index (κ3) is 1.77. The molecule has 2 aliphatic heterocycles. The van der Waals surface area contributed by atoms with E-state index in [1.165, 1.54) is 0 Å². The Hall–Kier alpha value is -0.340. The summed E-state index contributed by atoms with van der Waals surface area (Å²) in [5.41, 5.74) is -2.91. The van der Waals surface area contributed by atoms with Gasteiger partial charge in [-0.1, -0.05) is 0 Å². The monoisotopic (exact) mass is 263 g/mol. The lowest BCUT2D eigenvalue weighted by atomic mass is 9.58. The molecule has 0 aromatic rings. The van der Waals surface area contributed by atoms with Gasteiger partial charge in [0, 0.05) is 24.8 Å². The molecule has 0 aromatic carbocycles. The van der Waals surface area contributed by atoms with Gasteiger partial charge in [-0.15, -0.1) is 0 Å². The fourth-order valence-corrected chi connectivity index (χ4v) is 2.68. The van der Waals surface area contributed by atoms with Gasteiger partial charge >= 0.3 is 5.97 Å². The molecule has 4 atom stereocenters. The number of carbonyl (C=O) groups is 1. The highest BCUT2D eigenvalue weighted by Gasteiger charge is 2.71. The number of aliphatic hydroxyl groups is 3. The van der Waals surface area contributed by atoms with Gasteiger partial charge in [0.25, 0.3) is 0 Å². The van der Waals surface area contributed by atoms with E-state index in [-0.39, 0.29) is 19.6 Å². The van der Waals surface area contributed by atoms with Crippen LogP contribution in [0.25, 0.3) is 0 Å². The Balaban J connectivity index is 2.10. The molecule has 3 fully saturated rings. The second-order valence-corrected chi connectivity index (χ2v) is 5.14. The predicted molar refractivity (Wildman–Crippen MR) is 61.7 cm³/mol. The zero-order valence-corrected chi connectivity index (χ0v) is 10.2. The summed E-state index contributed by atoms with van der Waals surface area (Å²) in [6.07, 6.45) is -1.02. The minimum Gasteiger partial charge on any atom is -0.453 e. The summed E-state index contributed by atoms with van der Waals surface area (Å²) >= 11 is 4.03. The van der Waals surface area contributed by atoms with Crippen LogP contribution in [0.5, 0.6) is 0 Å². The molecule has 0 amide bonds. The fourth-order valence-electron chi connectivity index (χ4n) is 2.52. The zero-order valence-electron chi connectivity index (χ0n) is 9.30. The number of esters is 1. The number of rotatable bonds is 5. The molecular formula is C10H17NO5S. The van der Waals surface area contributed by atoms with Crippen molar-refractivity contribution in [3.05, 3.63) is 0 Å². The summed E-state index contributed by atoms with van der Waals surface area (Å²) in [7, 11) is 0. The molecule has 1 saturated carbocycles. The molecule has 6 nitrogen and oxygen atoms in total. The van der Waals surface area contributed by atoms with Crippen LogP contribution in [0.4, 0.5) is 0 Å². The van der Waals surface area contributed by atoms with Gasteiger partial charge in [0.1, 0.15) is 6.10 Å². The number of hydrogen-bond donors (Lipinski definition) is 5. The molecule has 2 bridgehead atoms. The van der Waals surface area contributed by atoms with Crippen molar-refractivity contribution in [1.29, 1.82) is 0 Å². The number of fused-ring (bicyclic) bond motifs is 2. The Kier molecular flexibility index (Phi) is 3.39. The Labute approximate surface area is 104 Å². The first-order chi connectivity index (χ1) is 8.00. The minimum absolute atomic E-state index is 0.135. The first-order valence-electron chi connectivity index (χ1n) is 5.56. The first kappa shape index (κ1) is 13.1. The SMILES string of the molecule is O=C1OC(CO)(CNCCS)C2CC1(O)C2O. The van der Waals surface area contributed by atoms with Crippen LogP contribution in [-0.4, -0.2) is 64.0 Å². The van der Waals surface area contributed by atoms with Crippen LogP contribution in [0.3, 0.4) is 0 Å². The van der Waals surface area contributed by atoms with Gasteiger partial charge in [-0.25, -0.2) is 4.79 Å². The third-order valence-corrected chi connectivity index (χ3v) is 3.93. The van der Waals surface area contributed by atoms with Gasteiger partial charge in [-0.3, -0.25) is 0 Å². The van der Waals surface area contributed by atoms with E-state index in [4.69, 9.17) is 4.74 Å². The summed E-state index contributed by atoms with van der Waals surface area (Å²) in [4.78, 5) is 11.6. The second-order valence-electron chi connectivity index (χ2n) is 4.69. The largest absolute Gasteiger partial charge is 0.453 e. The van der Waals surface area contributed by atoms with Crippen molar-refractivity contribution >= 4 is 18.6 Å². The van der Waals surface area contributed by atoms with E-state index in [0.29, 0.717) is 12.3 Å². The molecule has 0 radical (unpaired) electrons. The molecule has 7 heteroatoms. The smallest absolute Gasteiger partial charge is 0.341 e. The predicted octanol–water partition coefficient (Wildman–Crippen LogP) is -2.09. The molecular weight excluding hydrogens is 246 g/mol. The number of hydrogen-bond acceptors (Lipinski definition) is 7. The van der Waals surface area contributed by atoms with E-state index in [1.54, 1.807) is 0 Å². The first-order valence-corrected chi connectivity index (χ1v) is 6.20. The zero-order chi connectivity index (χ0) is 12.7. The van der Waals surface area contributed by atoms with Gasteiger partial charge in [0.2, 0.25) is 0 Å². The van der Waals surface area contributed by atoms with Crippen molar-refractivity contribution < 1.29 is 24.9 Å². The third-order valence-electron chi connectivity index (χ3n) is 3.71. The highest BCUT2D eigenvalue weighted by atomic mass is 32.1. The molecule has 2 saturated heterocycles. The maximum Gasteiger partial charge on any atom is 0.341 e. The van der Waals surface area contributed by atoms with Crippen molar-refractivity contribution in [3.63, 3.8) is 0 Å². The van der Waals surface area contributed by atoms with E-state index >= 15 is 0 Å². The lowest BCUT2D eigenvalue weighted by Gasteiger charge is -2.59. The Bertz CT molecular complexity index is 328. The number of thiol groups is 1. The summed E-state index contributed by atoms with van der Waals surface area (Å²) < 4.78 is 5.12. The van der Waals surface area contributed by atoms with Crippen LogP contribution in [0.2, 0.25) is 0 Å². The van der Waals surface area contributed by atoms with Gasteiger partial charge in [0.15, 0.2) is 11.2 Å². The van der Waals surface area contributed by atoms with Gasteiger partial charge in [-0.2, -0.15) is 12.6 Å². The van der Waals surface area contributed by atoms with Crippen molar-refractivity contribution in [2.75, 3.05) is 25.4 Å². The molecule has 98 valence electrons. The average Bonchev–Trinajstić information content (AvgIpc) is 2.33. The molecule has 3 rings (SSSR count). The highest BCUT2D eigenvalue weighted by molar-refractivity contribution is 7.80. The topological polar surface area (TPSA) is 99.0 Å². The van der Waals surface area contributed by atoms with Crippen LogP contribution >= 0.6 is 12.6 Å². The van der Waals surface area contributed by atoms with E-state index in [1.807, 2.05) is 0 Å². The average molecular weight is 263 g/mol. The van der Waals surface area contributed by atoms with Gasteiger partial charge in [-0.05, 0) is 6.42 Å². The lowest BCUT2D eigenvalue weighted by Crippen LogP contribution is -2.78. The van der Waals surface area contributed by atoms with E-state index in [9.17, 15) is 20.1 Å². The Morgan fingerprint density at radius 1 is 1.59 bits per heavy atom. The van der Waals surface area contributed by atoms with Crippen LogP contribution in [0.15, 0.2) is 0 Å². The van der Waals surface area contributed by atoms with Crippen molar-refractivity contribution in [3.8, 4) is 0 Å². The summed E-state index contributed by atoms with van der Waals surface area (Å²) in [5.74, 6) is -0.663. The van der Waals surface area contributed by atoms with E-state index in [2.05, 4.69) is 17.9 Å². The molecule has 2 heterocycles. The standard InChI is InChI=1S/C10H17NO5S/c12-5-9(4-11-1-2-17)6-3-10(15,7(6)13)8(14)16-9/h6-7,11-13,15,17H,1-5H2. The summed E-state index contributed by atoms with van der Waals surface area (Å²) in [5, 5.41) is 31.9. The molecule has 4 unspecified atom stereocenters. The van der Waals surface area contributed by atoms with Crippen LogP contribution < -0.4 is 5.32 Å². The number of aliphatic hydroxyl groups excluding tert-OH is 2. The van der Waals surface area contributed by atoms with Crippen LogP contribution in [-0.2, 0) is 9.53 Å². The number of carbonyl (C=O) groups excluding carboxylic acids is 1. The van der Waals surface area contributed by atoms with Gasteiger partial charge < -0.3 is 25.4 Å². The second kappa shape index (κ2) is 4.40. The van der Waals surface area contributed by atoms with Gasteiger partial charge in [0.05, 0.1) is 6.61 Å². The van der Waals surface area contributed by atoms with Crippen molar-refractivity contribution in [2.45, 2.75) is 23.7 Å². The molecule has 0 spiro atoms. The highest BCUT2D eigenvalue weighted by Crippen LogP contribution is 2.51. The lowest BCUT2D eigenvalue weighted by molar-refractivity contribution is -0.298.